The third-order valence-electron chi connectivity index (χ3n) is 3.95. The number of non-ortho nitro benzene ring substituents is 2. The summed E-state index contributed by atoms with van der Waals surface area (Å²) in [5.74, 6) is -0.830. The zero-order valence-corrected chi connectivity index (χ0v) is 15.2. The summed E-state index contributed by atoms with van der Waals surface area (Å²) >= 11 is 0. The zero-order valence-electron chi connectivity index (χ0n) is 15.2. The Labute approximate surface area is 168 Å². The first-order chi connectivity index (χ1) is 14.3. The summed E-state index contributed by atoms with van der Waals surface area (Å²) in [6.07, 6.45) is 4.31. The van der Waals surface area contributed by atoms with E-state index >= 15 is 0 Å². The van der Waals surface area contributed by atoms with Crippen molar-refractivity contribution >= 4 is 34.8 Å². The van der Waals surface area contributed by atoms with Crippen molar-refractivity contribution < 1.29 is 23.9 Å². The lowest BCUT2D eigenvalue weighted by atomic mass is 10.1. The van der Waals surface area contributed by atoms with E-state index in [0.29, 0.717) is 11.3 Å². The van der Waals surface area contributed by atoms with Crippen LogP contribution >= 0.6 is 0 Å². The molecule has 30 heavy (non-hydrogen) atoms. The minimum absolute atomic E-state index is 0.209. The summed E-state index contributed by atoms with van der Waals surface area (Å²) in [5, 5.41) is 24.4. The first-order valence-electron chi connectivity index (χ1n) is 8.45. The van der Waals surface area contributed by atoms with Crippen molar-refractivity contribution in [3.63, 3.8) is 0 Å². The fourth-order valence-electron chi connectivity index (χ4n) is 2.49. The molecule has 150 valence electrons. The van der Waals surface area contributed by atoms with E-state index in [9.17, 15) is 29.8 Å². The number of nitro groups is 2. The molecule has 10 heteroatoms. The number of nitrogens with zero attached hydrogens (tertiary/aromatic N) is 2. The van der Waals surface area contributed by atoms with Crippen LogP contribution in [0.5, 0.6) is 0 Å². The van der Waals surface area contributed by atoms with Gasteiger partial charge in [0, 0.05) is 17.8 Å². The monoisotopic (exact) mass is 407 g/mol. The molecule has 0 spiro atoms. The van der Waals surface area contributed by atoms with E-state index in [4.69, 9.17) is 4.42 Å². The molecular formula is C20H13N3O7. The molecule has 10 nitrogen and oxygen atoms in total. The van der Waals surface area contributed by atoms with Crippen molar-refractivity contribution in [2.45, 2.75) is 0 Å². The quantitative estimate of drug-likeness (QED) is 0.267. The maximum Gasteiger partial charge on any atom is 0.277 e. The molecule has 1 amide bonds. The number of benzene rings is 2. The van der Waals surface area contributed by atoms with Crippen molar-refractivity contribution in [1.29, 1.82) is 0 Å². The predicted molar refractivity (Wildman–Crippen MR) is 106 cm³/mol. The second-order valence-corrected chi connectivity index (χ2v) is 6.00. The van der Waals surface area contributed by atoms with Crippen LogP contribution in [0.1, 0.15) is 26.5 Å². The number of carbonyl (C=O) groups is 2. The van der Waals surface area contributed by atoms with E-state index in [2.05, 4.69) is 5.32 Å². The third kappa shape index (κ3) is 4.81. The van der Waals surface area contributed by atoms with Crippen LogP contribution in [0.25, 0.3) is 6.08 Å². The molecule has 0 saturated heterocycles. The Morgan fingerprint density at radius 1 is 0.933 bits per heavy atom. The van der Waals surface area contributed by atoms with E-state index in [0.717, 1.165) is 18.2 Å². The number of nitro benzene ring substituents is 2. The van der Waals surface area contributed by atoms with Gasteiger partial charge in [-0.25, -0.2) is 0 Å². The van der Waals surface area contributed by atoms with Crippen molar-refractivity contribution in [2.24, 2.45) is 0 Å². The fraction of sp³-hybridized carbons (Fsp3) is 0. The largest absolute Gasteiger partial charge is 0.461 e. The van der Waals surface area contributed by atoms with Gasteiger partial charge in [0.15, 0.2) is 5.76 Å². The highest BCUT2D eigenvalue weighted by molar-refractivity contribution is 6.06. The van der Waals surface area contributed by atoms with E-state index in [1.54, 1.807) is 42.5 Å². The van der Waals surface area contributed by atoms with Gasteiger partial charge < -0.3 is 9.73 Å². The van der Waals surface area contributed by atoms with Crippen LogP contribution in [0.3, 0.4) is 0 Å². The number of nitrogens with one attached hydrogen (secondary N) is 1. The Hall–Kier alpha value is -4.60. The van der Waals surface area contributed by atoms with Gasteiger partial charge in [-0.2, -0.15) is 0 Å². The van der Waals surface area contributed by atoms with Gasteiger partial charge in [-0.3, -0.25) is 29.8 Å². The molecule has 3 aromatic rings. The Morgan fingerprint density at radius 3 is 2.10 bits per heavy atom. The summed E-state index contributed by atoms with van der Waals surface area (Å²) in [6.45, 7) is 0. The Kier molecular flexibility index (Phi) is 5.78. The average molecular weight is 407 g/mol. The van der Waals surface area contributed by atoms with Crippen LogP contribution < -0.4 is 5.32 Å². The molecule has 0 bridgehead atoms. The minimum atomic E-state index is -0.811. The minimum Gasteiger partial charge on any atom is -0.461 e. The molecule has 1 aromatic heterocycles. The number of carbonyl (C=O) groups excluding carboxylic acids is 2. The zero-order chi connectivity index (χ0) is 21.7. The molecule has 0 saturated carbocycles. The van der Waals surface area contributed by atoms with Crippen LogP contribution in [0.4, 0.5) is 17.1 Å². The molecule has 0 aliphatic heterocycles. The van der Waals surface area contributed by atoms with Crippen LogP contribution in [-0.4, -0.2) is 21.5 Å². The van der Waals surface area contributed by atoms with Crippen LogP contribution in [0, 0.1) is 20.2 Å². The highest BCUT2D eigenvalue weighted by atomic mass is 16.6. The normalized spacial score (nSPS) is 10.7. The second-order valence-electron chi connectivity index (χ2n) is 6.00. The Balaban J connectivity index is 1.72. The topological polar surface area (TPSA) is 146 Å². The summed E-state index contributed by atoms with van der Waals surface area (Å²) < 4.78 is 5.00. The SMILES string of the molecule is O=C(Nc1ccc(/C=C/C(=O)c2ccco2)cc1)c1cc([N+](=O)[O-])cc([N+](=O)[O-])c1. The highest BCUT2D eigenvalue weighted by Gasteiger charge is 2.20. The van der Waals surface area contributed by atoms with Gasteiger partial charge in [-0.05, 0) is 35.9 Å². The number of rotatable bonds is 7. The summed E-state index contributed by atoms with van der Waals surface area (Å²) in [5.41, 5.74) is -0.293. The van der Waals surface area contributed by atoms with Gasteiger partial charge in [0.25, 0.3) is 17.3 Å². The van der Waals surface area contributed by atoms with Crippen molar-refractivity contribution in [2.75, 3.05) is 5.32 Å². The van der Waals surface area contributed by atoms with Gasteiger partial charge in [0.05, 0.1) is 27.7 Å². The van der Waals surface area contributed by atoms with Crippen molar-refractivity contribution in [3.05, 3.63) is 104 Å². The average Bonchev–Trinajstić information content (AvgIpc) is 3.27. The summed E-state index contributed by atoms with van der Waals surface area (Å²) in [4.78, 5) is 44.5. The maximum absolute atomic E-state index is 12.4. The molecule has 2 aromatic carbocycles. The summed E-state index contributed by atoms with van der Waals surface area (Å²) in [6, 6.07) is 12.2. The maximum atomic E-state index is 12.4. The van der Waals surface area contributed by atoms with Gasteiger partial charge in [0.1, 0.15) is 0 Å². The fourth-order valence-corrected chi connectivity index (χ4v) is 2.49. The first kappa shape index (κ1) is 20.1. The van der Waals surface area contributed by atoms with E-state index in [-0.39, 0.29) is 17.1 Å². The molecule has 0 aliphatic rings. The summed E-state index contributed by atoms with van der Waals surface area (Å²) in [7, 11) is 0. The molecule has 1 N–H and O–H groups in total. The number of allylic oxidation sites excluding steroid dienone is 1. The number of anilines is 1. The van der Waals surface area contributed by atoms with Gasteiger partial charge in [0.2, 0.25) is 5.78 Å². The first-order valence-corrected chi connectivity index (χ1v) is 8.45. The van der Waals surface area contributed by atoms with E-state index < -0.39 is 27.1 Å². The van der Waals surface area contributed by atoms with Crippen molar-refractivity contribution in [1.82, 2.24) is 0 Å². The standard InChI is InChI=1S/C20H13N3O7/c24-18(19-2-1-9-30-19)8-5-13-3-6-15(7-4-13)21-20(25)14-10-16(22(26)27)12-17(11-14)23(28)29/h1-12H,(H,21,25)/b8-5+. The van der Waals surface area contributed by atoms with Gasteiger partial charge in [-0.15, -0.1) is 0 Å². The molecule has 0 unspecified atom stereocenters. The lowest BCUT2D eigenvalue weighted by Crippen LogP contribution is -2.12. The molecule has 0 radical (unpaired) electrons. The number of furan rings is 1. The van der Waals surface area contributed by atoms with Crippen LogP contribution in [0.2, 0.25) is 0 Å². The number of amides is 1. The molecule has 0 aliphatic carbocycles. The second kappa shape index (κ2) is 8.61. The molecule has 1 heterocycles. The predicted octanol–water partition coefficient (Wildman–Crippen LogP) is 4.24. The van der Waals surface area contributed by atoms with Gasteiger partial charge >= 0.3 is 0 Å². The lowest BCUT2D eigenvalue weighted by molar-refractivity contribution is -0.394. The van der Waals surface area contributed by atoms with Crippen molar-refractivity contribution in [3.8, 4) is 0 Å². The van der Waals surface area contributed by atoms with Gasteiger partial charge in [-0.1, -0.05) is 18.2 Å². The van der Waals surface area contributed by atoms with E-state index in [1.807, 2.05) is 0 Å². The number of hydrogen-bond donors (Lipinski definition) is 1. The van der Waals surface area contributed by atoms with E-state index in [1.165, 1.54) is 12.3 Å². The lowest BCUT2D eigenvalue weighted by Gasteiger charge is -2.06. The molecule has 0 atom stereocenters. The smallest absolute Gasteiger partial charge is 0.277 e. The molecule has 0 fully saturated rings. The Morgan fingerprint density at radius 2 is 1.57 bits per heavy atom. The number of hydrogen-bond acceptors (Lipinski definition) is 7. The molecule has 3 rings (SSSR count). The van der Waals surface area contributed by atoms with Crippen LogP contribution in [0.15, 0.2) is 71.4 Å². The van der Waals surface area contributed by atoms with Crippen LogP contribution in [-0.2, 0) is 0 Å². The Bertz CT molecular complexity index is 1120. The highest BCUT2D eigenvalue weighted by Crippen LogP contribution is 2.23. The third-order valence-corrected chi connectivity index (χ3v) is 3.95. The molecular weight excluding hydrogens is 394 g/mol. The number of ketones is 1.